The van der Waals surface area contributed by atoms with Crippen molar-refractivity contribution in [1.29, 1.82) is 0 Å². The molecule has 20 heavy (non-hydrogen) atoms. The number of ether oxygens (including phenoxy) is 1. The maximum atomic E-state index is 12.0. The molecule has 0 bridgehead atoms. The van der Waals surface area contributed by atoms with Crippen LogP contribution < -0.4 is 11.1 Å². The van der Waals surface area contributed by atoms with Gasteiger partial charge in [0.1, 0.15) is 5.60 Å². The second-order valence-corrected chi connectivity index (χ2v) is 6.34. The van der Waals surface area contributed by atoms with Gasteiger partial charge >= 0.3 is 11.9 Å². The molecule has 0 heterocycles. The van der Waals surface area contributed by atoms with Gasteiger partial charge in [-0.15, -0.1) is 0 Å². The molecule has 0 amide bonds. The molecule has 0 saturated carbocycles. The quantitative estimate of drug-likeness (QED) is 0.353. The third kappa shape index (κ3) is 6.86. The fraction of sp³-hybridized carbons (Fsp3) is 0.857. The molecule has 0 aliphatic heterocycles. The average Bonchev–Trinajstić information content (AvgIpc) is 2.24. The Morgan fingerprint density at radius 1 is 1.25 bits per heavy atom. The van der Waals surface area contributed by atoms with Crippen LogP contribution in [-0.2, 0) is 14.3 Å². The largest absolute Gasteiger partial charge is 0.479 e. The molecule has 0 aromatic heterocycles. The first-order valence-electron chi connectivity index (χ1n) is 6.98. The predicted octanol–water partition coefficient (Wildman–Crippen LogP) is 1.28. The maximum Gasteiger partial charge on any atom is 0.338 e. The Morgan fingerprint density at radius 3 is 2.20 bits per heavy atom. The summed E-state index contributed by atoms with van der Waals surface area (Å²) < 4.78 is 5.10. The van der Waals surface area contributed by atoms with Crippen molar-refractivity contribution in [2.24, 2.45) is 5.73 Å². The van der Waals surface area contributed by atoms with Gasteiger partial charge in [-0.05, 0) is 46.6 Å². The number of hydrogen-bond acceptors (Lipinski definition) is 5. The number of nitrogens with one attached hydrogen (secondary N) is 1. The number of carboxylic acid groups (broad SMARTS) is 1. The molecule has 0 unspecified atom stereocenters. The second kappa shape index (κ2) is 7.59. The SMILES string of the molecule is CC(C)NCCCC[C@](N)(C(=O)O)C(=O)OC(C)(C)C. The van der Waals surface area contributed by atoms with Crippen LogP contribution in [0, 0.1) is 0 Å². The van der Waals surface area contributed by atoms with E-state index in [0.29, 0.717) is 12.5 Å². The lowest BCUT2D eigenvalue weighted by Crippen LogP contribution is -2.57. The highest BCUT2D eigenvalue weighted by atomic mass is 16.6. The number of unbranched alkanes of at least 4 members (excludes halogenated alkanes) is 1. The van der Waals surface area contributed by atoms with Crippen LogP contribution in [0.15, 0.2) is 0 Å². The van der Waals surface area contributed by atoms with Gasteiger partial charge in [0, 0.05) is 6.04 Å². The van der Waals surface area contributed by atoms with Gasteiger partial charge in [0.05, 0.1) is 0 Å². The summed E-state index contributed by atoms with van der Waals surface area (Å²) in [6, 6.07) is 0.378. The van der Waals surface area contributed by atoms with E-state index in [-0.39, 0.29) is 6.42 Å². The molecule has 118 valence electrons. The lowest BCUT2D eigenvalue weighted by atomic mass is 9.93. The number of hydrogen-bond donors (Lipinski definition) is 3. The van der Waals surface area contributed by atoms with Crippen LogP contribution >= 0.6 is 0 Å². The third-order valence-electron chi connectivity index (χ3n) is 2.70. The van der Waals surface area contributed by atoms with Gasteiger partial charge in [0.2, 0.25) is 5.54 Å². The Balaban J connectivity index is 4.47. The summed E-state index contributed by atoms with van der Waals surface area (Å²) in [5.41, 5.74) is 3.02. The fourth-order valence-corrected chi connectivity index (χ4v) is 1.59. The Kier molecular flexibility index (Phi) is 7.16. The normalized spacial score (nSPS) is 14.9. The zero-order valence-electron chi connectivity index (χ0n) is 13.2. The molecule has 0 aromatic carbocycles. The van der Waals surface area contributed by atoms with Gasteiger partial charge in [0.15, 0.2) is 0 Å². The van der Waals surface area contributed by atoms with E-state index >= 15 is 0 Å². The molecule has 1 atom stereocenters. The minimum atomic E-state index is -1.97. The summed E-state index contributed by atoms with van der Waals surface area (Å²) in [4.78, 5) is 23.2. The van der Waals surface area contributed by atoms with E-state index in [1.165, 1.54) is 0 Å². The summed E-state index contributed by atoms with van der Waals surface area (Å²) in [5, 5.41) is 12.4. The number of carboxylic acids is 1. The molecule has 0 aromatic rings. The zero-order valence-corrected chi connectivity index (χ0v) is 13.2. The molecule has 0 saturated heterocycles. The number of carbonyl (C=O) groups is 2. The van der Waals surface area contributed by atoms with Crippen molar-refractivity contribution in [3.8, 4) is 0 Å². The first kappa shape index (κ1) is 18.9. The molecule has 0 aliphatic carbocycles. The zero-order chi connectivity index (χ0) is 16.0. The number of nitrogens with two attached hydrogens (primary N) is 1. The van der Waals surface area contributed by atoms with Crippen molar-refractivity contribution in [1.82, 2.24) is 5.32 Å². The minimum absolute atomic E-state index is 0.0665. The highest BCUT2D eigenvalue weighted by Gasteiger charge is 2.44. The highest BCUT2D eigenvalue weighted by Crippen LogP contribution is 2.18. The lowest BCUT2D eigenvalue weighted by molar-refractivity contribution is -0.169. The van der Waals surface area contributed by atoms with Gasteiger partial charge in [-0.2, -0.15) is 0 Å². The van der Waals surface area contributed by atoms with Gasteiger partial charge in [0.25, 0.3) is 0 Å². The van der Waals surface area contributed by atoms with Crippen LogP contribution in [0.1, 0.15) is 53.9 Å². The van der Waals surface area contributed by atoms with Gasteiger partial charge < -0.3 is 20.9 Å². The van der Waals surface area contributed by atoms with Crippen LogP contribution in [0.2, 0.25) is 0 Å². The summed E-state index contributed by atoms with van der Waals surface area (Å²) in [6.07, 6.45) is 1.37. The fourth-order valence-electron chi connectivity index (χ4n) is 1.59. The Bertz CT molecular complexity index is 337. The maximum absolute atomic E-state index is 12.0. The lowest BCUT2D eigenvalue weighted by Gasteiger charge is -2.28. The number of esters is 1. The Labute approximate surface area is 121 Å². The van der Waals surface area contributed by atoms with Crippen LogP contribution in [0.3, 0.4) is 0 Å². The van der Waals surface area contributed by atoms with Gasteiger partial charge in [-0.25, -0.2) is 9.59 Å². The van der Waals surface area contributed by atoms with Crippen LogP contribution in [0.25, 0.3) is 0 Å². The molecule has 0 rings (SSSR count). The average molecular weight is 288 g/mol. The number of carbonyl (C=O) groups excluding carboxylic acids is 1. The monoisotopic (exact) mass is 288 g/mol. The van der Waals surface area contributed by atoms with E-state index in [9.17, 15) is 14.7 Å². The summed E-state index contributed by atoms with van der Waals surface area (Å²) >= 11 is 0. The summed E-state index contributed by atoms with van der Waals surface area (Å²) in [5.74, 6) is -2.22. The van der Waals surface area contributed by atoms with Crippen molar-refractivity contribution < 1.29 is 19.4 Å². The van der Waals surface area contributed by atoms with Crippen molar-refractivity contribution in [2.75, 3.05) is 6.54 Å². The van der Waals surface area contributed by atoms with Crippen LogP contribution in [0.5, 0.6) is 0 Å². The van der Waals surface area contributed by atoms with Crippen LogP contribution in [-0.4, -0.2) is 40.8 Å². The van der Waals surface area contributed by atoms with Crippen molar-refractivity contribution in [2.45, 2.75) is 71.1 Å². The molecule has 0 spiro atoms. The van der Waals surface area contributed by atoms with E-state index < -0.39 is 23.1 Å². The molecular weight excluding hydrogens is 260 g/mol. The highest BCUT2D eigenvalue weighted by molar-refractivity contribution is 6.03. The first-order chi connectivity index (χ1) is 8.99. The summed E-state index contributed by atoms with van der Waals surface area (Å²) in [7, 11) is 0. The Morgan fingerprint density at radius 2 is 1.80 bits per heavy atom. The number of aliphatic carboxylic acids is 1. The van der Waals surface area contributed by atoms with Crippen molar-refractivity contribution in [3.05, 3.63) is 0 Å². The van der Waals surface area contributed by atoms with E-state index in [0.717, 1.165) is 13.0 Å². The van der Waals surface area contributed by atoms with Gasteiger partial charge in [-0.3, -0.25) is 0 Å². The summed E-state index contributed by atoms with van der Waals surface area (Å²) in [6.45, 7) is 9.87. The van der Waals surface area contributed by atoms with Crippen molar-refractivity contribution in [3.63, 3.8) is 0 Å². The van der Waals surface area contributed by atoms with Gasteiger partial charge in [-0.1, -0.05) is 13.8 Å². The topological polar surface area (TPSA) is 102 Å². The molecule has 6 heteroatoms. The number of rotatable bonds is 8. The van der Waals surface area contributed by atoms with E-state index in [2.05, 4.69) is 5.32 Å². The molecule has 0 radical (unpaired) electrons. The van der Waals surface area contributed by atoms with E-state index in [1.807, 2.05) is 13.8 Å². The van der Waals surface area contributed by atoms with E-state index in [1.54, 1.807) is 20.8 Å². The molecule has 4 N–H and O–H groups in total. The molecule has 6 nitrogen and oxygen atoms in total. The Hall–Kier alpha value is -1.14. The third-order valence-corrected chi connectivity index (χ3v) is 2.70. The predicted molar refractivity (Wildman–Crippen MR) is 77.4 cm³/mol. The van der Waals surface area contributed by atoms with E-state index in [4.69, 9.17) is 10.5 Å². The molecular formula is C14H28N2O4. The van der Waals surface area contributed by atoms with Crippen LogP contribution in [0.4, 0.5) is 0 Å². The first-order valence-corrected chi connectivity index (χ1v) is 6.98. The second-order valence-electron chi connectivity index (χ2n) is 6.34. The minimum Gasteiger partial charge on any atom is -0.479 e. The van der Waals surface area contributed by atoms with Crippen molar-refractivity contribution >= 4 is 11.9 Å². The smallest absolute Gasteiger partial charge is 0.338 e. The standard InChI is InChI=1S/C14H28N2O4/c1-10(2)16-9-7-6-8-14(15,11(17)18)12(19)20-13(3,4)5/h10,16H,6-9,15H2,1-5H3,(H,17,18)/t14-/m0/s1. The molecule has 0 fully saturated rings. The molecule has 0 aliphatic rings.